The fourth-order valence-electron chi connectivity index (χ4n) is 0. The van der Waals surface area contributed by atoms with Gasteiger partial charge in [-0.3, -0.25) is 0 Å². The van der Waals surface area contributed by atoms with Crippen molar-refractivity contribution in [2.24, 2.45) is 11.5 Å². The summed E-state index contributed by atoms with van der Waals surface area (Å²) in [6, 6.07) is 0. The molecule has 0 aliphatic carbocycles. The van der Waals surface area contributed by atoms with Crippen LogP contribution in [0.5, 0.6) is 0 Å². The first-order chi connectivity index (χ1) is 4.54. The molecule has 0 fully saturated rings. The van der Waals surface area contributed by atoms with Crippen LogP contribution in [0, 0.1) is 0 Å². The number of carbonyl (C=O) groups excluding carboxylic acids is 2. The second kappa shape index (κ2) is 29.5. The molecule has 0 saturated carbocycles. The number of nitrogens with two attached hydrogens (primary N) is 2. The first kappa shape index (κ1) is 37.8. The van der Waals surface area contributed by atoms with Gasteiger partial charge in [0.05, 0.1) is 11.9 Å². The maximum absolute atomic E-state index is 9.13. The summed E-state index contributed by atoms with van der Waals surface area (Å²) in [4.78, 5) is 18.3. The summed E-state index contributed by atoms with van der Waals surface area (Å²) >= 11 is 0. The van der Waals surface area contributed by atoms with Crippen molar-refractivity contribution in [3.05, 3.63) is 0 Å². The summed E-state index contributed by atoms with van der Waals surface area (Å²) < 4.78 is 0. The second-order valence-corrected chi connectivity index (χ2v) is 1.15. The third-order valence-electron chi connectivity index (χ3n) is 0.333. The summed E-state index contributed by atoms with van der Waals surface area (Å²) in [6.45, 7) is -0.778. The monoisotopic (exact) mass is 258 g/mol. The van der Waals surface area contributed by atoms with Gasteiger partial charge in [-0.25, -0.2) is 0 Å². The quantitative estimate of drug-likeness (QED) is 0.456. The van der Waals surface area contributed by atoms with Crippen molar-refractivity contribution < 1.29 is 53.3 Å². The number of aliphatic carboxylic acids is 2. The molecule has 0 heterocycles. The molecule has 0 atom stereocenters. The third kappa shape index (κ3) is 112. The molecule has 0 aromatic carbocycles. The zero-order valence-electron chi connectivity index (χ0n) is 7.06. The van der Waals surface area contributed by atoms with Crippen LogP contribution < -0.4 is 21.7 Å². The molecule has 0 unspecified atom stereocenters. The van der Waals surface area contributed by atoms with Crippen molar-refractivity contribution in [3.63, 3.8) is 0 Å². The van der Waals surface area contributed by atoms with Gasteiger partial charge in [-0.2, -0.15) is 0 Å². The average molecular weight is 258 g/mol. The minimum atomic E-state index is -1.22. The number of carboxylic acids is 2. The van der Waals surface area contributed by atoms with Crippen LogP contribution in [-0.4, -0.2) is 41.5 Å². The Labute approximate surface area is 90.5 Å². The minimum absolute atomic E-state index is 0. The van der Waals surface area contributed by atoms with E-state index in [1.165, 1.54) is 0 Å². The predicted molar refractivity (Wildman–Crippen MR) is 39.0 cm³/mol. The maximum atomic E-state index is 9.13. The van der Waals surface area contributed by atoms with Gasteiger partial charge in [0.25, 0.3) is 0 Å². The van der Waals surface area contributed by atoms with Gasteiger partial charge in [0.1, 0.15) is 0 Å². The first-order valence-corrected chi connectivity index (χ1v) is 2.34. The van der Waals surface area contributed by atoms with Gasteiger partial charge < -0.3 is 47.7 Å². The number of hydrogen-bond acceptors (Lipinski definition) is 6. The molecule has 0 bridgehead atoms. The Kier molecular flexibility index (Phi) is 79.7. The number of carbonyl (C=O) groups is 2. The Hall–Kier alpha value is -0.741. The zero-order valence-corrected chi connectivity index (χ0v) is 8.16. The summed E-state index contributed by atoms with van der Waals surface area (Å²) in [5.41, 5.74) is 9.02. The topological polar surface area (TPSA) is 227 Å². The maximum Gasteiger partial charge on any atom is 2.00 e. The molecule has 0 spiro atoms. The summed E-state index contributed by atoms with van der Waals surface area (Å²) in [5.74, 6) is -2.44. The Morgan fingerprint density at radius 2 is 0.929 bits per heavy atom. The molecule has 90 valence electrons. The Morgan fingerprint density at radius 3 is 0.929 bits per heavy atom. The van der Waals surface area contributed by atoms with Gasteiger partial charge in [0, 0.05) is 13.1 Å². The van der Waals surface area contributed by atoms with Gasteiger partial charge in [0.15, 0.2) is 0 Å². The van der Waals surface area contributed by atoms with E-state index in [0.717, 1.165) is 0 Å². The largest absolute Gasteiger partial charge is 2.00 e. The smallest absolute Gasteiger partial charge is 0.549 e. The van der Waals surface area contributed by atoms with Crippen LogP contribution in [0.3, 0.4) is 0 Å². The molecule has 10 heteroatoms. The van der Waals surface area contributed by atoms with Crippen LogP contribution in [0.1, 0.15) is 0 Å². The van der Waals surface area contributed by atoms with E-state index in [2.05, 4.69) is 11.5 Å². The fraction of sp³-hybridized carbons (Fsp3) is 0.500. The molecule has 0 rings (SSSR count). The SMILES string of the molecule is NCC(=O)[O-].NCC(=O)[O-].O.O.O.[Fe+2]. The van der Waals surface area contributed by atoms with Crippen LogP contribution in [0.25, 0.3) is 0 Å². The molecular formula is C4H14FeN2O7. The summed E-state index contributed by atoms with van der Waals surface area (Å²) in [5, 5.41) is 18.3. The van der Waals surface area contributed by atoms with Crippen LogP contribution in [-0.2, 0) is 26.7 Å². The van der Waals surface area contributed by atoms with Gasteiger partial charge in [0.2, 0.25) is 0 Å². The van der Waals surface area contributed by atoms with Crippen LogP contribution in [0.15, 0.2) is 0 Å². The van der Waals surface area contributed by atoms with Gasteiger partial charge in [-0.15, -0.1) is 0 Å². The van der Waals surface area contributed by atoms with E-state index in [1.807, 2.05) is 0 Å². The van der Waals surface area contributed by atoms with E-state index in [-0.39, 0.29) is 46.6 Å². The van der Waals surface area contributed by atoms with Crippen molar-refractivity contribution in [2.75, 3.05) is 13.1 Å². The standard InChI is InChI=1S/2C2H5NO2.Fe.3H2O/c2*3-1-2(4)5;;;;/h2*1,3H2,(H,4,5);;3*1H2/q;;+2;;;/p-2. The molecule has 14 heavy (non-hydrogen) atoms. The zero-order chi connectivity index (χ0) is 8.57. The van der Waals surface area contributed by atoms with Crippen LogP contribution >= 0.6 is 0 Å². The molecule has 0 aliphatic rings. The molecule has 0 aromatic rings. The van der Waals surface area contributed by atoms with E-state index >= 15 is 0 Å². The Morgan fingerprint density at radius 1 is 0.857 bits per heavy atom. The number of rotatable bonds is 2. The van der Waals surface area contributed by atoms with Crippen molar-refractivity contribution in [1.29, 1.82) is 0 Å². The van der Waals surface area contributed by atoms with Crippen LogP contribution in [0.2, 0.25) is 0 Å². The van der Waals surface area contributed by atoms with Gasteiger partial charge in [-0.05, 0) is 0 Å². The van der Waals surface area contributed by atoms with Crippen molar-refractivity contribution in [2.45, 2.75) is 0 Å². The van der Waals surface area contributed by atoms with Crippen molar-refractivity contribution in [3.8, 4) is 0 Å². The summed E-state index contributed by atoms with van der Waals surface area (Å²) in [7, 11) is 0. The van der Waals surface area contributed by atoms with Crippen molar-refractivity contribution >= 4 is 11.9 Å². The fourth-order valence-corrected chi connectivity index (χ4v) is 0. The number of carboxylic acid groups (broad SMARTS) is 2. The molecule has 0 aromatic heterocycles. The second-order valence-electron chi connectivity index (χ2n) is 1.15. The molecule has 9 nitrogen and oxygen atoms in total. The minimum Gasteiger partial charge on any atom is -0.549 e. The molecule has 0 saturated heterocycles. The Bertz CT molecular complexity index is 108. The van der Waals surface area contributed by atoms with E-state index < -0.39 is 11.9 Å². The van der Waals surface area contributed by atoms with E-state index in [0.29, 0.717) is 0 Å². The molecular weight excluding hydrogens is 244 g/mol. The molecule has 0 aliphatic heterocycles. The van der Waals surface area contributed by atoms with Crippen LogP contribution in [0.4, 0.5) is 0 Å². The van der Waals surface area contributed by atoms with E-state index in [4.69, 9.17) is 19.8 Å². The normalized spacial score (nSPS) is 5.29. The molecule has 0 radical (unpaired) electrons. The molecule has 0 amide bonds. The average Bonchev–Trinajstić information content (AvgIpc) is 1.89. The van der Waals surface area contributed by atoms with Crippen molar-refractivity contribution in [1.82, 2.24) is 0 Å². The molecule has 10 N–H and O–H groups in total. The number of hydrogen-bond donors (Lipinski definition) is 2. The van der Waals surface area contributed by atoms with Gasteiger partial charge >= 0.3 is 17.1 Å². The summed E-state index contributed by atoms with van der Waals surface area (Å²) in [6.07, 6.45) is 0. The predicted octanol–water partition coefficient (Wildman–Crippen LogP) is -7.09. The van der Waals surface area contributed by atoms with E-state index in [1.54, 1.807) is 0 Å². The van der Waals surface area contributed by atoms with E-state index in [9.17, 15) is 0 Å². The first-order valence-electron chi connectivity index (χ1n) is 2.34. The Balaban J connectivity index is -0.0000000178. The van der Waals surface area contributed by atoms with Gasteiger partial charge in [-0.1, -0.05) is 0 Å². The third-order valence-corrected chi connectivity index (χ3v) is 0.333.